The number of carboxylic acids is 1. The summed E-state index contributed by atoms with van der Waals surface area (Å²) >= 11 is 0. The van der Waals surface area contributed by atoms with Crippen LogP contribution in [0.2, 0.25) is 0 Å². The second kappa shape index (κ2) is 22.9. The highest BCUT2D eigenvalue weighted by molar-refractivity contribution is 5.97. The molecular weight excluding hydrogens is 863 g/mol. The Morgan fingerprint density at radius 3 is 1.90 bits per heavy atom. The van der Waals surface area contributed by atoms with Gasteiger partial charge in [0.25, 0.3) is 0 Å². The zero-order valence-corrected chi connectivity index (χ0v) is 37.3. The zero-order chi connectivity index (χ0) is 48.0. The third-order valence-electron chi connectivity index (χ3n) is 11.7. The van der Waals surface area contributed by atoms with E-state index in [1.807, 2.05) is 109 Å². The van der Waals surface area contributed by atoms with E-state index in [1.54, 1.807) is 30.5 Å². The molecule has 5 atom stereocenters. The van der Waals surface area contributed by atoms with Gasteiger partial charge in [-0.2, -0.15) is 0 Å². The Kier molecular flexibility index (Phi) is 16.1. The van der Waals surface area contributed by atoms with Gasteiger partial charge in [-0.25, -0.2) is 4.98 Å². The molecule has 2 aromatic heterocycles. The minimum atomic E-state index is -1.46. The van der Waals surface area contributed by atoms with Gasteiger partial charge in [0.15, 0.2) is 0 Å². The molecule has 7 aromatic rings. The van der Waals surface area contributed by atoms with Crippen molar-refractivity contribution in [2.75, 3.05) is 11.9 Å². The Balaban J connectivity index is 1.10. The Hall–Kier alpha value is -8.11. The Morgan fingerprint density at radius 1 is 0.588 bits per heavy atom. The Morgan fingerprint density at radius 2 is 1.18 bits per heavy atom. The molecule has 16 nitrogen and oxygen atoms in total. The van der Waals surface area contributed by atoms with Crippen LogP contribution in [-0.4, -0.2) is 87.3 Å². The molecule has 350 valence electrons. The molecule has 0 radical (unpaired) electrons. The molecule has 0 saturated heterocycles. The molecular formula is C52H55N9O7. The van der Waals surface area contributed by atoms with Crippen LogP contribution in [0.25, 0.3) is 32.6 Å². The number of para-hydroxylation sites is 2. The van der Waals surface area contributed by atoms with E-state index in [-0.39, 0.29) is 25.7 Å². The number of anilines is 1. The van der Waals surface area contributed by atoms with E-state index < -0.39 is 72.1 Å². The molecule has 0 aliphatic carbocycles. The largest absolute Gasteiger partial charge is 0.481 e. The first kappa shape index (κ1) is 47.8. The van der Waals surface area contributed by atoms with Gasteiger partial charge in [-0.05, 0) is 71.0 Å². The first-order chi connectivity index (χ1) is 32.9. The van der Waals surface area contributed by atoms with Crippen LogP contribution in [0.5, 0.6) is 0 Å². The predicted octanol–water partition coefficient (Wildman–Crippen LogP) is 4.41. The molecule has 0 bridgehead atoms. The fraction of sp³-hybridized carbons (Fsp3) is 0.250. The van der Waals surface area contributed by atoms with Gasteiger partial charge in [0, 0.05) is 48.3 Å². The van der Waals surface area contributed by atoms with Crippen LogP contribution in [0.15, 0.2) is 140 Å². The van der Waals surface area contributed by atoms with E-state index in [1.165, 1.54) is 0 Å². The number of hydrogen-bond acceptors (Lipinski definition) is 9. The summed E-state index contributed by atoms with van der Waals surface area (Å²) in [6, 6.07) is 35.0. The molecule has 7 rings (SSSR count). The normalized spacial score (nSPS) is 13.4. The van der Waals surface area contributed by atoms with Gasteiger partial charge in [0.05, 0.1) is 18.0 Å². The fourth-order valence-electron chi connectivity index (χ4n) is 8.12. The maximum Gasteiger partial charge on any atom is 0.305 e. The summed E-state index contributed by atoms with van der Waals surface area (Å²) in [5.41, 5.74) is 15.5. The SMILES string of the molecule is NC(=O)[C@H](CCCCNc1ccc2ccccc2n1)NC(=O)[C@@H](Cc1ccccc1)NC(=O)[C@H](Cc1c[nH]c2ccccc12)NC(=O)[C@@H](Cc1ccc2ccccc2c1)NC(=O)[C@H](N)CC(=O)O. The van der Waals surface area contributed by atoms with E-state index in [0.717, 1.165) is 32.6 Å². The number of fused-ring (bicyclic) bond motifs is 3. The number of amides is 5. The van der Waals surface area contributed by atoms with Gasteiger partial charge in [-0.1, -0.05) is 109 Å². The average molecular weight is 918 g/mol. The van der Waals surface area contributed by atoms with Crippen molar-refractivity contribution in [2.45, 2.75) is 75.2 Å². The first-order valence-corrected chi connectivity index (χ1v) is 22.5. The summed E-state index contributed by atoms with van der Waals surface area (Å²) in [6.07, 6.45) is 2.42. The number of unbranched alkanes of at least 4 members (excludes halogenated alkanes) is 1. The van der Waals surface area contributed by atoms with Gasteiger partial charge in [-0.15, -0.1) is 0 Å². The van der Waals surface area contributed by atoms with Gasteiger partial charge in [0.2, 0.25) is 29.5 Å². The van der Waals surface area contributed by atoms with Crippen LogP contribution in [0.4, 0.5) is 5.82 Å². The number of rotatable bonds is 23. The number of carbonyl (C=O) groups excluding carboxylic acids is 5. The molecule has 0 unspecified atom stereocenters. The smallest absolute Gasteiger partial charge is 0.305 e. The fourth-order valence-corrected chi connectivity index (χ4v) is 8.12. The van der Waals surface area contributed by atoms with Crippen LogP contribution in [0.1, 0.15) is 42.4 Å². The number of nitrogens with two attached hydrogens (primary N) is 2. The lowest BCUT2D eigenvalue weighted by Crippen LogP contribution is -2.60. The molecule has 2 heterocycles. The van der Waals surface area contributed by atoms with Crippen molar-refractivity contribution in [3.05, 3.63) is 156 Å². The molecule has 16 heteroatoms. The van der Waals surface area contributed by atoms with E-state index >= 15 is 0 Å². The number of benzene rings is 5. The van der Waals surface area contributed by atoms with Crippen molar-refractivity contribution in [3.8, 4) is 0 Å². The van der Waals surface area contributed by atoms with Gasteiger partial charge < -0.3 is 48.1 Å². The molecule has 5 amide bonds. The minimum Gasteiger partial charge on any atom is -0.481 e. The highest BCUT2D eigenvalue weighted by atomic mass is 16.4. The second-order valence-corrected chi connectivity index (χ2v) is 16.8. The summed E-state index contributed by atoms with van der Waals surface area (Å²) in [6.45, 7) is 0.558. The number of carbonyl (C=O) groups is 6. The second-order valence-electron chi connectivity index (χ2n) is 16.8. The van der Waals surface area contributed by atoms with Crippen LogP contribution < -0.4 is 38.1 Å². The molecule has 0 saturated carbocycles. The maximum absolute atomic E-state index is 14.7. The predicted molar refractivity (Wildman–Crippen MR) is 261 cm³/mol. The van der Waals surface area contributed by atoms with E-state index in [0.29, 0.717) is 41.9 Å². The van der Waals surface area contributed by atoms with Crippen LogP contribution in [0, 0.1) is 0 Å². The quantitative estimate of drug-likeness (QED) is 0.0409. The summed E-state index contributed by atoms with van der Waals surface area (Å²) < 4.78 is 0. The minimum absolute atomic E-state index is 0.0302. The van der Waals surface area contributed by atoms with Crippen molar-refractivity contribution < 1.29 is 33.9 Å². The number of nitrogens with zero attached hydrogens (tertiary/aromatic N) is 1. The van der Waals surface area contributed by atoms with Crippen molar-refractivity contribution in [1.82, 2.24) is 31.2 Å². The first-order valence-electron chi connectivity index (χ1n) is 22.5. The lowest BCUT2D eigenvalue weighted by atomic mass is 9.99. The molecule has 5 aromatic carbocycles. The number of aromatic nitrogens is 2. The summed E-state index contributed by atoms with van der Waals surface area (Å²) in [4.78, 5) is 88.8. The Labute approximate surface area is 392 Å². The average Bonchev–Trinajstić information content (AvgIpc) is 3.75. The monoisotopic (exact) mass is 917 g/mol. The Bertz CT molecular complexity index is 2910. The number of primary amides is 1. The number of H-pyrrole nitrogens is 1. The third-order valence-corrected chi connectivity index (χ3v) is 11.7. The van der Waals surface area contributed by atoms with Crippen LogP contribution >= 0.6 is 0 Å². The summed E-state index contributed by atoms with van der Waals surface area (Å²) in [5.74, 6) is -4.31. The highest BCUT2D eigenvalue weighted by Gasteiger charge is 2.33. The molecule has 0 aliphatic heterocycles. The number of hydrogen-bond donors (Lipinski definition) is 9. The number of nitrogens with one attached hydrogen (secondary N) is 6. The lowest BCUT2D eigenvalue weighted by molar-refractivity contribution is -0.140. The topological polar surface area (TPSA) is 264 Å². The molecule has 0 aliphatic rings. The number of carboxylic acid groups (broad SMARTS) is 1. The number of pyridine rings is 1. The summed E-state index contributed by atoms with van der Waals surface area (Å²) in [5, 5.41) is 27.4. The zero-order valence-electron chi connectivity index (χ0n) is 37.3. The van der Waals surface area contributed by atoms with Crippen molar-refractivity contribution in [3.63, 3.8) is 0 Å². The standard InChI is InChI=1S/C52H55N9O7/c53-39(30-47(62)63)49(65)59-44(28-33-21-22-34-14-4-5-16-36(34)26-33)51(67)61-45(29-37-31-56-41-19-9-7-17-38(37)41)52(68)60-43(27-32-12-2-1-3-13-32)50(66)58-42(48(54)64)20-10-11-25-55-46-24-23-35-15-6-8-18-40(35)57-46/h1-9,12-19,21-24,26,31,39,42-45,56H,10-11,20,25,27-30,53H2,(H2,54,64)(H,55,57)(H,58,66)(H,59,65)(H,60,68)(H,61,67)(H,62,63)/t39-,42+,43-,44-,45+/m1/s1. The number of aromatic amines is 1. The molecule has 11 N–H and O–H groups in total. The number of aliphatic carboxylic acids is 1. The van der Waals surface area contributed by atoms with Crippen molar-refractivity contribution in [1.29, 1.82) is 0 Å². The molecule has 68 heavy (non-hydrogen) atoms. The van der Waals surface area contributed by atoms with Crippen molar-refractivity contribution in [2.24, 2.45) is 11.5 Å². The maximum atomic E-state index is 14.7. The van der Waals surface area contributed by atoms with E-state index in [4.69, 9.17) is 11.5 Å². The van der Waals surface area contributed by atoms with Gasteiger partial charge in [0.1, 0.15) is 30.0 Å². The molecule has 0 spiro atoms. The lowest BCUT2D eigenvalue weighted by Gasteiger charge is -2.27. The molecule has 0 fully saturated rings. The van der Waals surface area contributed by atoms with Crippen LogP contribution in [-0.2, 0) is 48.0 Å². The highest BCUT2D eigenvalue weighted by Crippen LogP contribution is 2.21. The summed E-state index contributed by atoms with van der Waals surface area (Å²) in [7, 11) is 0. The van der Waals surface area contributed by atoms with Gasteiger partial charge in [-0.3, -0.25) is 28.8 Å². The van der Waals surface area contributed by atoms with Gasteiger partial charge >= 0.3 is 5.97 Å². The van der Waals surface area contributed by atoms with Crippen molar-refractivity contribution >= 4 is 73.9 Å². The van der Waals surface area contributed by atoms with E-state index in [2.05, 4.69) is 36.6 Å². The van der Waals surface area contributed by atoms with E-state index in [9.17, 15) is 33.9 Å². The third kappa shape index (κ3) is 13.0. The van der Waals surface area contributed by atoms with Crippen LogP contribution in [0.3, 0.4) is 0 Å².